The number of hydrogen-bond donors (Lipinski definition) is 3. The van der Waals surface area contributed by atoms with Gasteiger partial charge in [0.1, 0.15) is 5.69 Å². The smallest absolute Gasteiger partial charge is 0.300 e. The fourth-order valence-corrected chi connectivity index (χ4v) is 5.49. The standard InChI is InChI=1S/C38H39N5O5/c1-7-34(44)40-32-21-26(36(46)43-17-19-48-20-18-43)13-16-31(32)39-33-22-27(23-42(6)37(33)47)29-9-8-10-30(24(29)2)41-35(45)25-11-14-28(15-12-25)38(3,4)5/h1,8-16,21-23,39H,17-20H2,2-6H3,(H,40,44)(H,41,45). The molecule has 0 spiro atoms. The molecule has 2 heterocycles. The van der Waals surface area contributed by atoms with Gasteiger partial charge < -0.3 is 30.2 Å². The van der Waals surface area contributed by atoms with E-state index in [4.69, 9.17) is 11.2 Å². The van der Waals surface area contributed by atoms with Crippen molar-refractivity contribution >= 4 is 40.5 Å². The van der Waals surface area contributed by atoms with Gasteiger partial charge in [0.2, 0.25) is 0 Å². The van der Waals surface area contributed by atoms with E-state index in [1.165, 1.54) is 10.6 Å². The summed E-state index contributed by atoms with van der Waals surface area (Å²) >= 11 is 0. The Morgan fingerprint density at radius 3 is 2.21 bits per heavy atom. The van der Waals surface area contributed by atoms with E-state index in [-0.39, 0.29) is 34.2 Å². The Balaban J connectivity index is 1.44. The molecule has 1 aliphatic heterocycles. The summed E-state index contributed by atoms with van der Waals surface area (Å²) in [5, 5.41) is 8.80. The van der Waals surface area contributed by atoms with E-state index < -0.39 is 5.91 Å². The van der Waals surface area contributed by atoms with Crippen LogP contribution >= 0.6 is 0 Å². The molecule has 1 aliphatic rings. The van der Waals surface area contributed by atoms with Gasteiger partial charge in [-0.05, 0) is 77.4 Å². The summed E-state index contributed by atoms with van der Waals surface area (Å²) < 4.78 is 6.81. The van der Waals surface area contributed by atoms with Crippen molar-refractivity contribution in [1.29, 1.82) is 0 Å². The fraction of sp³-hybridized carbons (Fsp3) is 0.263. The number of benzene rings is 3. The molecule has 0 unspecified atom stereocenters. The van der Waals surface area contributed by atoms with E-state index in [0.29, 0.717) is 48.8 Å². The van der Waals surface area contributed by atoms with Gasteiger partial charge in [0.25, 0.3) is 23.3 Å². The Labute approximate surface area is 280 Å². The number of aromatic nitrogens is 1. The third-order valence-electron chi connectivity index (χ3n) is 8.30. The van der Waals surface area contributed by atoms with Gasteiger partial charge in [0, 0.05) is 48.7 Å². The Morgan fingerprint density at radius 2 is 1.54 bits per heavy atom. The molecule has 0 bridgehead atoms. The molecule has 4 aromatic rings. The van der Waals surface area contributed by atoms with Crippen LogP contribution < -0.4 is 21.5 Å². The molecule has 10 heteroatoms. The van der Waals surface area contributed by atoms with Crippen molar-refractivity contribution in [3.63, 3.8) is 0 Å². The molecule has 1 aromatic heterocycles. The van der Waals surface area contributed by atoms with Crippen molar-refractivity contribution in [2.45, 2.75) is 33.1 Å². The summed E-state index contributed by atoms with van der Waals surface area (Å²) in [6, 6.07) is 19.7. The number of carbonyl (C=O) groups excluding carboxylic acids is 3. The number of ether oxygens (including phenoxy) is 1. The quantitative estimate of drug-likeness (QED) is 0.222. The highest BCUT2D eigenvalue weighted by Crippen LogP contribution is 2.32. The molecule has 0 radical (unpaired) electrons. The zero-order chi connectivity index (χ0) is 34.6. The van der Waals surface area contributed by atoms with Crippen LogP contribution in [-0.4, -0.2) is 53.5 Å². The van der Waals surface area contributed by atoms with Gasteiger partial charge in [0.15, 0.2) is 0 Å². The fourth-order valence-electron chi connectivity index (χ4n) is 5.49. The van der Waals surface area contributed by atoms with Crippen LogP contribution in [0.25, 0.3) is 11.1 Å². The van der Waals surface area contributed by atoms with E-state index in [9.17, 15) is 19.2 Å². The van der Waals surface area contributed by atoms with Crippen LogP contribution in [0, 0.1) is 19.3 Å². The van der Waals surface area contributed by atoms with Crippen LogP contribution in [0.5, 0.6) is 0 Å². The zero-order valence-electron chi connectivity index (χ0n) is 27.8. The normalized spacial score (nSPS) is 13.0. The van der Waals surface area contributed by atoms with E-state index in [2.05, 4.69) is 36.7 Å². The lowest BCUT2D eigenvalue weighted by Gasteiger charge is -2.27. The maximum Gasteiger partial charge on any atom is 0.300 e. The van der Waals surface area contributed by atoms with Gasteiger partial charge in [-0.1, -0.05) is 45.0 Å². The highest BCUT2D eigenvalue weighted by Gasteiger charge is 2.21. The van der Waals surface area contributed by atoms with Crippen molar-refractivity contribution in [1.82, 2.24) is 9.47 Å². The van der Waals surface area contributed by atoms with Gasteiger partial charge >= 0.3 is 0 Å². The molecule has 1 saturated heterocycles. The number of aryl methyl sites for hydroxylation is 1. The highest BCUT2D eigenvalue weighted by molar-refractivity contribution is 6.07. The number of terminal acetylenes is 1. The van der Waals surface area contributed by atoms with Crippen LogP contribution in [0.15, 0.2) is 77.7 Å². The van der Waals surface area contributed by atoms with Gasteiger partial charge in [-0.3, -0.25) is 19.2 Å². The lowest BCUT2D eigenvalue weighted by Crippen LogP contribution is -2.40. The number of pyridine rings is 1. The maximum atomic E-state index is 13.3. The average molecular weight is 646 g/mol. The molecule has 246 valence electrons. The minimum atomic E-state index is -0.699. The summed E-state index contributed by atoms with van der Waals surface area (Å²) in [7, 11) is 1.64. The Kier molecular flexibility index (Phi) is 9.82. The topological polar surface area (TPSA) is 122 Å². The molecule has 3 aromatic carbocycles. The molecule has 1 fully saturated rings. The number of anilines is 4. The van der Waals surface area contributed by atoms with E-state index >= 15 is 0 Å². The summed E-state index contributed by atoms with van der Waals surface area (Å²) in [5.41, 5.74) is 5.54. The second-order valence-corrected chi connectivity index (χ2v) is 12.7. The lowest BCUT2D eigenvalue weighted by atomic mass is 9.86. The molecular weight excluding hydrogens is 606 g/mol. The van der Waals surface area contributed by atoms with Crippen LogP contribution in [0.1, 0.15) is 52.6 Å². The predicted octanol–water partition coefficient (Wildman–Crippen LogP) is 5.70. The first-order chi connectivity index (χ1) is 22.8. The second-order valence-electron chi connectivity index (χ2n) is 12.7. The zero-order valence-corrected chi connectivity index (χ0v) is 27.8. The number of nitrogens with one attached hydrogen (secondary N) is 3. The van der Waals surface area contributed by atoms with Crippen molar-refractivity contribution in [2.24, 2.45) is 7.05 Å². The van der Waals surface area contributed by atoms with E-state index in [0.717, 1.165) is 22.3 Å². The molecule has 0 saturated carbocycles. The van der Waals surface area contributed by atoms with Crippen LogP contribution in [0.2, 0.25) is 0 Å². The minimum Gasteiger partial charge on any atom is -0.378 e. The largest absolute Gasteiger partial charge is 0.378 e. The molecule has 48 heavy (non-hydrogen) atoms. The Bertz CT molecular complexity index is 1980. The first-order valence-electron chi connectivity index (χ1n) is 15.6. The van der Waals surface area contributed by atoms with Gasteiger partial charge in [-0.25, -0.2) is 0 Å². The Morgan fingerprint density at radius 1 is 0.854 bits per heavy atom. The van der Waals surface area contributed by atoms with Crippen molar-refractivity contribution in [3.8, 4) is 23.5 Å². The third-order valence-corrected chi connectivity index (χ3v) is 8.30. The summed E-state index contributed by atoms with van der Waals surface area (Å²) in [4.78, 5) is 53.6. The molecule has 5 rings (SSSR count). The van der Waals surface area contributed by atoms with Crippen molar-refractivity contribution in [3.05, 3.63) is 106 Å². The summed E-state index contributed by atoms with van der Waals surface area (Å²) in [5.74, 6) is 0.896. The molecule has 10 nitrogen and oxygen atoms in total. The van der Waals surface area contributed by atoms with Crippen molar-refractivity contribution in [2.75, 3.05) is 42.3 Å². The van der Waals surface area contributed by atoms with Crippen LogP contribution in [0.3, 0.4) is 0 Å². The van der Waals surface area contributed by atoms with Gasteiger partial charge in [-0.2, -0.15) is 0 Å². The summed E-state index contributed by atoms with van der Waals surface area (Å²) in [6.07, 6.45) is 7.05. The number of nitrogens with zero attached hydrogens (tertiary/aromatic N) is 2. The first kappa shape index (κ1) is 33.7. The number of rotatable bonds is 7. The summed E-state index contributed by atoms with van der Waals surface area (Å²) in [6.45, 7) is 10.1. The third kappa shape index (κ3) is 7.48. The number of carbonyl (C=O) groups is 3. The average Bonchev–Trinajstić information content (AvgIpc) is 3.08. The number of morpholine rings is 1. The van der Waals surface area contributed by atoms with Crippen LogP contribution in [0.4, 0.5) is 22.7 Å². The lowest BCUT2D eigenvalue weighted by molar-refractivity contribution is -0.111. The van der Waals surface area contributed by atoms with Gasteiger partial charge in [-0.15, -0.1) is 6.42 Å². The molecule has 0 atom stereocenters. The van der Waals surface area contributed by atoms with Gasteiger partial charge in [0.05, 0.1) is 24.6 Å². The molecule has 3 amide bonds. The van der Waals surface area contributed by atoms with E-state index in [1.54, 1.807) is 36.3 Å². The van der Waals surface area contributed by atoms with Crippen molar-refractivity contribution < 1.29 is 19.1 Å². The van der Waals surface area contributed by atoms with Crippen LogP contribution in [-0.2, 0) is 22.0 Å². The molecule has 0 aliphatic carbocycles. The molecular formula is C38H39N5O5. The highest BCUT2D eigenvalue weighted by atomic mass is 16.5. The minimum absolute atomic E-state index is 0.0217. The maximum absolute atomic E-state index is 13.3. The predicted molar refractivity (Wildman–Crippen MR) is 189 cm³/mol. The monoisotopic (exact) mass is 645 g/mol. The number of amides is 3. The van der Waals surface area contributed by atoms with E-state index in [1.807, 2.05) is 55.3 Å². The second kappa shape index (κ2) is 14.0. The number of hydrogen-bond acceptors (Lipinski definition) is 6. The SMILES string of the molecule is C#CC(=O)Nc1cc(C(=O)N2CCOCC2)ccc1Nc1cc(-c2cccc(NC(=O)c3ccc(C(C)(C)C)cc3)c2C)cn(C)c1=O. The first-order valence-corrected chi connectivity index (χ1v) is 15.6. The molecule has 3 N–H and O–H groups in total. The Hall–Kier alpha value is -5.66.